The van der Waals surface area contributed by atoms with Gasteiger partial charge in [-0.15, -0.1) is 0 Å². The first-order valence-electron chi connectivity index (χ1n) is 11.1. The summed E-state index contributed by atoms with van der Waals surface area (Å²) in [7, 11) is 0. The second kappa shape index (κ2) is 10.6. The molecule has 0 atom stereocenters. The molecule has 1 saturated carbocycles. The molecule has 1 heterocycles. The molecule has 0 radical (unpaired) electrons. The summed E-state index contributed by atoms with van der Waals surface area (Å²) in [5.74, 6) is 0.825. The number of hydrogen-bond acceptors (Lipinski definition) is 4. The molecule has 29 heavy (non-hydrogen) atoms. The monoisotopic (exact) mass is 401 g/mol. The Morgan fingerprint density at radius 3 is 2.59 bits per heavy atom. The largest absolute Gasteiger partial charge is 0.382 e. The van der Waals surface area contributed by atoms with Crippen LogP contribution in [0.2, 0.25) is 0 Å². The quantitative estimate of drug-likeness (QED) is 0.617. The lowest BCUT2D eigenvalue weighted by Gasteiger charge is -2.33. The minimum Gasteiger partial charge on any atom is -0.382 e. The van der Waals surface area contributed by atoms with Gasteiger partial charge >= 0.3 is 0 Å². The lowest BCUT2D eigenvalue weighted by atomic mass is 9.85. The van der Waals surface area contributed by atoms with Crippen molar-refractivity contribution in [3.05, 3.63) is 23.8 Å². The van der Waals surface area contributed by atoms with Crippen molar-refractivity contribution in [2.24, 2.45) is 11.8 Å². The Hall–Kier alpha value is -2.08. The van der Waals surface area contributed by atoms with Crippen LogP contribution in [0.15, 0.2) is 18.2 Å². The second-order valence-electron chi connectivity index (χ2n) is 8.32. The highest BCUT2D eigenvalue weighted by Gasteiger charge is 2.26. The first kappa shape index (κ1) is 21.6. The summed E-state index contributed by atoms with van der Waals surface area (Å²) in [6.07, 6.45) is 6.10. The van der Waals surface area contributed by atoms with E-state index in [1.165, 1.54) is 0 Å². The fourth-order valence-corrected chi connectivity index (χ4v) is 3.85. The molecule has 1 aromatic rings. The zero-order chi connectivity index (χ0) is 20.6. The Kier molecular flexibility index (Phi) is 7.92. The van der Waals surface area contributed by atoms with Crippen LogP contribution in [-0.4, -0.2) is 44.7 Å². The standard InChI is InChI=1S/C23H35N3O3/c1-3-29-15-5-12-24-23(28)20-16-19(25-22(27)18-6-4-7-18)8-9-21(20)26-13-10-17(2)11-14-26/h8-9,16-18H,3-7,10-15H2,1-2H3,(H,24,28)(H,25,27). The number of anilines is 2. The Morgan fingerprint density at radius 1 is 1.17 bits per heavy atom. The molecule has 0 bridgehead atoms. The van der Waals surface area contributed by atoms with Crippen molar-refractivity contribution < 1.29 is 14.3 Å². The van der Waals surface area contributed by atoms with E-state index in [0.717, 1.165) is 63.2 Å². The van der Waals surface area contributed by atoms with E-state index in [9.17, 15) is 9.59 Å². The predicted molar refractivity (Wildman–Crippen MR) is 116 cm³/mol. The van der Waals surface area contributed by atoms with Crippen molar-refractivity contribution in [3.8, 4) is 0 Å². The van der Waals surface area contributed by atoms with Crippen molar-refractivity contribution in [2.75, 3.05) is 43.1 Å². The number of nitrogens with one attached hydrogen (secondary N) is 2. The van der Waals surface area contributed by atoms with E-state index >= 15 is 0 Å². The van der Waals surface area contributed by atoms with Gasteiger partial charge in [-0.1, -0.05) is 13.3 Å². The smallest absolute Gasteiger partial charge is 0.253 e. The van der Waals surface area contributed by atoms with Gasteiger partial charge in [-0.2, -0.15) is 0 Å². The van der Waals surface area contributed by atoms with Gasteiger partial charge in [0.15, 0.2) is 0 Å². The molecule has 6 heteroatoms. The molecule has 1 aliphatic carbocycles. The zero-order valence-electron chi connectivity index (χ0n) is 17.8. The molecule has 2 fully saturated rings. The van der Waals surface area contributed by atoms with E-state index in [-0.39, 0.29) is 17.7 Å². The van der Waals surface area contributed by atoms with Gasteiger partial charge in [0.2, 0.25) is 5.91 Å². The van der Waals surface area contributed by atoms with Crippen molar-refractivity contribution in [3.63, 3.8) is 0 Å². The summed E-state index contributed by atoms with van der Waals surface area (Å²) < 4.78 is 5.34. The number of ether oxygens (including phenoxy) is 1. The molecule has 6 nitrogen and oxygen atoms in total. The lowest BCUT2D eigenvalue weighted by molar-refractivity contribution is -0.122. The first-order valence-corrected chi connectivity index (χ1v) is 11.1. The highest BCUT2D eigenvalue weighted by Crippen LogP contribution is 2.31. The van der Waals surface area contributed by atoms with Gasteiger partial charge in [-0.3, -0.25) is 9.59 Å². The van der Waals surface area contributed by atoms with E-state index in [1.807, 2.05) is 25.1 Å². The molecular formula is C23H35N3O3. The molecule has 3 rings (SSSR count). The molecule has 1 aromatic carbocycles. The van der Waals surface area contributed by atoms with Crippen LogP contribution in [-0.2, 0) is 9.53 Å². The van der Waals surface area contributed by atoms with E-state index in [2.05, 4.69) is 22.5 Å². The first-order chi connectivity index (χ1) is 14.1. The van der Waals surface area contributed by atoms with Crippen LogP contribution in [0.1, 0.15) is 62.7 Å². The average molecular weight is 402 g/mol. The summed E-state index contributed by atoms with van der Waals surface area (Å²) in [5.41, 5.74) is 2.30. The fourth-order valence-electron chi connectivity index (χ4n) is 3.85. The number of piperidine rings is 1. The number of hydrogen-bond donors (Lipinski definition) is 2. The summed E-state index contributed by atoms with van der Waals surface area (Å²) >= 11 is 0. The number of benzene rings is 1. The third-order valence-corrected chi connectivity index (χ3v) is 6.06. The Morgan fingerprint density at radius 2 is 1.93 bits per heavy atom. The molecular weight excluding hydrogens is 366 g/mol. The van der Waals surface area contributed by atoms with Gasteiger partial charge in [0.1, 0.15) is 0 Å². The zero-order valence-corrected chi connectivity index (χ0v) is 17.8. The number of nitrogens with zero attached hydrogens (tertiary/aromatic N) is 1. The maximum Gasteiger partial charge on any atom is 0.253 e. The maximum absolute atomic E-state index is 13.0. The average Bonchev–Trinajstić information content (AvgIpc) is 2.67. The second-order valence-corrected chi connectivity index (χ2v) is 8.32. The molecule has 1 saturated heterocycles. The minimum absolute atomic E-state index is 0.0684. The van der Waals surface area contributed by atoms with Gasteiger partial charge in [-0.05, 0) is 63.1 Å². The molecule has 0 spiro atoms. The normalized spacial score (nSPS) is 17.7. The SMILES string of the molecule is CCOCCCNC(=O)c1cc(NC(=O)C2CCC2)ccc1N1CCC(C)CC1. The van der Waals surface area contributed by atoms with Crippen LogP contribution in [0.5, 0.6) is 0 Å². The van der Waals surface area contributed by atoms with Gasteiger partial charge in [0.25, 0.3) is 5.91 Å². The molecule has 2 aliphatic rings. The molecule has 0 aromatic heterocycles. The topological polar surface area (TPSA) is 70.7 Å². The van der Waals surface area contributed by atoms with Crippen LogP contribution in [0.25, 0.3) is 0 Å². The number of amides is 2. The van der Waals surface area contributed by atoms with Gasteiger partial charge < -0.3 is 20.3 Å². The van der Waals surface area contributed by atoms with Crippen LogP contribution in [0.4, 0.5) is 11.4 Å². The Bertz CT molecular complexity index is 695. The highest BCUT2D eigenvalue weighted by molar-refractivity contribution is 6.02. The van der Waals surface area contributed by atoms with Gasteiger partial charge in [0, 0.05) is 50.1 Å². The lowest BCUT2D eigenvalue weighted by Crippen LogP contribution is -2.35. The van der Waals surface area contributed by atoms with Crippen LogP contribution in [0.3, 0.4) is 0 Å². The molecule has 2 amide bonds. The van der Waals surface area contributed by atoms with Gasteiger partial charge in [-0.25, -0.2) is 0 Å². The number of carbonyl (C=O) groups excluding carboxylic acids is 2. The fraction of sp³-hybridized carbons (Fsp3) is 0.652. The molecule has 160 valence electrons. The molecule has 1 aliphatic heterocycles. The molecule has 2 N–H and O–H groups in total. The Labute approximate surface area is 174 Å². The van der Waals surface area contributed by atoms with E-state index in [4.69, 9.17) is 4.74 Å². The van der Waals surface area contributed by atoms with Crippen molar-refractivity contribution in [2.45, 2.75) is 52.4 Å². The maximum atomic E-state index is 13.0. The summed E-state index contributed by atoms with van der Waals surface area (Å²) in [6, 6.07) is 5.75. The van der Waals surface area contributed by atoms with Crippen LogP contribution in [0, 0.1) is 11.8 Å². The van der Waals surface area contributed by atoms with Crippen LogP contribution < -0.4 is 15.5 Å². The van der Waals surface area contributed by atoms with Crippen molar-refractivity contribution >= 4 is 23.2 Å². The summed E-state index contributed by atoms with van der Waals surface area (Å²) in [4.78, 5) is 27.6. The minimum atomic E-state index is -0.0881. The number of rotatable bonds is 9. The van der Waals surface area contributed by atoms with E-state index in [0.29, 0.717) is 31.0 Å². The summed E-state index contributed by atoms with van der Waals surface area (Å²) in [6.45, 7) is 8.07. The predicted octanol–water partition coefficient (Wildman–Crippen LogP) is 3.82. The third-order valence-electron chi connectivity index (χ3n) is 6.06. The highest BCUT2D eigenvalue weighted by atomic mass is 16.5. The van der Waals surface area contributed by atoms with Gasteiger partial charge in [0.05, 0.1) is 5.56 Å². The molecule has 0 unspecified atom stereocenters. The number of carbonyl (C=O) groups is 2. The third kappa shape index (κ3) is 5.95. The Balaban J connectivity index is 1.71. The van der Waals surface area contributed by atoms with E-state index < -0.39 is 0 Å². The van der Waals surface area contributed by atoms with Crippen molar-refractivity contribution in [1.82, 2.24) is 5.32 Å². The van der Waals surface area contributed by atoms with E-state index in [1.54, 1.807) is 0 Å². The van der Waals surface area contributed by atoms with Crippen molar-refractivity contribution in [1.29, 1.82) is 0 Å². The van der Waals surface area contributed by atoms with Crippen LogP contribution >= 0.6 is 0 Å². The summed E-state index contributed by atoms with van der Waals surface area (Å²) in [5, 5.41) is 6.02.